The Hall–Kier alpha value is -2.12. The number of esters is 1. The molecule has 0 N–H and O–H groups in total. The molecule has 0 radical (unpaired) electrons. The number of piperazine rings is 1. The summed E-state index contributed by atoms with van der Waals surface area (Å²) in [5, 5.41) is 0. The van der Waals surface area contributed by atoms with Crippen molar-refractivity contribution < 1.29 is 14.3 Å². The first-order chi connectivity index (χ1) is 14.7. The summed E-state index contributed by atoms with van der Waals surface area (Å²) < 4.78 is 12.2. The van der Waals surface area contributed by atoms with Crippen LogP contribution in [0.15, 0.2) is 34.9 Å². The summed E-state index contributed by atoms with van der Waals surface area (Å²) in [7, 11) is 0. The first-order valence-electron chi connectivity index (χ1n) is 10.7. The SMILES string of the molecule is CCOC(=O)C(C)(C)Oc1c(C)cc(CN2CCN(c3ccc(Br)cn3)CC2)cc1C. The van der Waals surface area contributed by atoms with Crippen LogP contribution in [0.25, 0.3) is 0 Å². The van der Waals surface area contributed by atoms with Crippen molar-refractivity contribution in [3.63, 3.8) is 0 Å². The lowest BCUT2D eigenvalue weighted by atomic mass is 10.0. The Bertz CT molecular complexity index is 884. The number of aryl methyl sites for hydroxylation is 2. The highest BCUT2D eigenvalue weighted by Gasteiger charge is 2.32. The number of pyridine rings is 1. The molecule has 6 nitrogen and oxygen atoms in total. The van der Waals surface area contributed by atoms with Crippen molar-refractivity contribution in [1.82, 2.24) is 9.88 Å². The minimum absolute atomic E-state index is 0.341. The third kappa shape index (κ3) is 5.98. The molecule has 168 valence electrons. The van der Waals surface area contributed by atoms with Crippen molar-refractivity contribution in [3.05, 3.63) is 51.6 Å². The number of carbonyl (C=O) groups excluding carboxylic acids is 1. The second-order valence-electron chi connectivity index (χ2n) is 8.49. The molecule has 0 spiro atoms. The van der Waals surface area contributed by atoms with Gasteiger partial charge in [0.1, 0.15) is 11.6 Å². The number of halogens is 1. The van der Waals surface area contributed by atoms with Gasteiger partial charge >= 0.3 is 5.97 Å². The average Bonchev–Trinajstić information content (AvgIpc) is 2.72. The van der Waals surface area contributed by atoms with Crippen LogP contribution in [0.1, 0.15) is 37.5 Å². The zero-order valence-corrected chi connectivity index (χ0v) is 20.7. The normalized spacial score (nSPS) is 15.1. The molecule has 1 aromatic heterocycles. The number of hydrogen-bond donors (Lipinski definition) is 0. The second-order valence-corrected chi connectivity index (χ2v) is 9.41. The Morgan fingerprint density at radius 1 is 1.13 bits per heavy atom. The van der Waals surface area contributed by atoms with E-state index in [0.717, 1.165) is 59.9 Å². The molecule has 1 saturated heterocycles. The number of hydrogen-bond acceptors (Lipinski definition) is 6. The summed E-state index contributed by atoms with van der Waals surface area (Å²) in [5.74, 6) is 1.43. The maximum Gasteiger partial charge on any atom is 0.349 e. The standard InChI is InChI=1S/C24H32BrN3O3/c1-6-30-23(29)24(4,5)31-22-17(2)13-19(14-18(22)3)16-27-9-11-28(12-10-27)21-8-7-20(25)15-26-21/h7-8,13-15H,6,9-12,16H2,1-5H3. The minimum atomic E-state index is -1.02. The van der Waals surface area contributed by atoms with Crippen LogP contribution in [0, 0.1) is 13.8 Å². The van der Waals surface area contributed by atoms with E-state index in [1.54, 1.807) is 20.8 Å². The summed E-state index contributed by atoms with van der Waals surface area (Å²) in [4.78, 5) is 21.5. The quantitative estimate of drug-likeness (QED) is 0.533. The van der Waals surface area contributed by atoms with Crippen molar-refractivity contribution in [2.24, 2.45) is 0 Å². The van der Waals surface area contributed by atoms with Gasteiger partial charge in [-0.15, -0.1) is 0 Å². The minimum Gasteiger partial charge on any atom is -0.476 e. The summed E-state index contributed by atoms with van der Waals surface area (Å²) in [6.45, 7) is 14.5. The monoisotopic (exact) mass is 489 g/mol. The predicted molar refractivity (Wildman–Crippen MR) is 127 cm³/mol. The lowest BCUT2D eigenvalue weighted by Crippen LogP contribution is -2.46. The highest BCUT2D eigenvalue weighted by molar-refractivity contribution is 9.10. The van der Waals surface area contributed by atoms with E-state index in [1.807, 2.05) is 26.1 Å². The van der Waals surface area contributed by atoms with Crippen LogP contribution < -0.4 is 9.64 Å². The molecule has 1 aromatic carbocycles. The van der Waals surface area contributed by atoms with Crippen LogP contribution in [-0.2, 0) is 16.1 Å². The fourth-order valence-electron chi connectivity index (χ4n) is 3.84. The van der Waals surface area contributed by atoms with Crippen molar-refractivity contribution in [2.45, 2.75) is 46.8 Å². The van der Waals surface area contributed by atoms with Gasteiger partial charge < -0.3 is 14.4 Å². The van der Waals surface area contributed by atoms with Gasteiger partial charge in [0.2, 0.25) is 0 Å². The summed E-state index contributed by atoms with van der Waals surface area (Å²) in [5.41, 5.74) is 2.30. The van der Waals surface area contributed by atoms with Gasteiger partial charge in [0.25, 0.3) is 0 Å². The first-order valence-corrected chi connectivity index (χ1v) is 11.5. The third-order valence-corrected chi connectivity index (χ3v) is 5.93. The molecule has 0 aliphatic carbocycles. The van der Waals surface area contributed by atoms with Gasteiger partial charge in [0.05, 0.1) is 6.61 Å². The molecule has 3 rings (SSSR count). The fraction of sp³-hybridized carbons (Fsp3) is 0.500. The molecular weight excluding hydrogens is 458 g/mol. The molecule has 1 aliphatic heterocycles. The van der Waals surface area contributed by atoms with E-state index >= 15 is 0 Å². The van der Waals surface area contributed by atoms with E-state index in [1.165, 1.54) is 5.56 Å². The zero-order chi connectivity index (χ0) is 22.6. The van der Waals surface area contributed by atoms with Crippen LogP contribution >= 0.6 is 15.9 Å². The van der Waals surface area contributed by atoms with Crippen molar-refractivity contribution in [2.75, 3.05) is 37.7 Å². The largest absolute Gasteiger partial charge is 0.476 e. The summed E-state index contributed by atoms with van der Waals surface area (Å²) in [6, 6.07) is 8.41. The third-order valence-electron chi connectivity index (χ3n) is 5.46. The van der Waals surface area contributed by atoms with Crippen molar-refractivity contribution in [3.8, 4) is 5.75 Å². The van der Waals surface area contributed by atoms with Crippen LogP contribution in [0.5, 0.6) is 5.75 Å². The first kappa shape index (κ1) is 23.5. The van der Waals surface area contributed by atoms with Gasteiger partial charge in [-0.3, -0.25) is 4.90 Å². The molecule has 7 heteroatoms. The smallest absolute Gasteiger partial charge is 0.349 e. The van der Waals surface area contributed by atoms with Crippen LogP contribution in [0.4, 0.5) is 5.82 Å². The van der Waals surface area contributed by atoms with Gasteiger partial charge in [0.15, 0.2) is 5.60 Å². The predicted octanol–water partition coefficient (Wildman–Crippen LogP) is 4.50. The molecule has 0 atom stereocenters. The molecule has 31 heavy (non-hydrogen) atoms. The average molecular weight is 490 g/mol. The number of rotatable bonds is 7. The summed E-state index contributed by atoms with van der Waals surface area (Å²) in [6.07, 6.45) is 1.85. The van der Waals surface area contributed by atoms with Gasteiger partial charge in [0, 0.05) is 43.4 Å². The molecule has 2 aromatic rings. The Kier molecular flexibility index (Phi) is 7.59. The van der Waals surface area contributed by atoms with Crippen molar-refractivity contribution >= 4 is 27.7 Å². The highest BCUT2D eigenvalue weighted by Crippen LogP contribution is 2.30. The highest BCUT2D eigenvalue weighted by atomic mass is 79.9. The van der Waals surface area contributed by atoms with E-state index in [-0.39, 0.29) is 5.97 Å². The van der Waals surface area contributed by atoms with E-state index in [4.69, 9.17) is 9.47 Å². The Morgan fingerprint density at radius 2 is 1.77 bits per heavy atom. The summed E-state index contributed by atoms with van der Waals surface area (Å²) >= 11 is 3.44. The van der Waals surface area contributed by atoms with Crippen LogP contribution in [0.2, 0.25) is 0 Å². The molecule has 0 bridgehead atoms. The van der Waals surface area contributed by atoms with Gasteiger partial charge in [-0.05, 0) is 79.4 Å². The molecule has 0 saturated carbocycles. The topological polar surface area (TPSA) is 54.9 Å². The van der Waals surface area contributed by atoms with Gasteiger partial charge in [-0.2, -0.15) is 0 Å². The molecule has 0 unspecified atom stereocenters. The molecule has 1 aliphatic rings. The lowest BCUT2D eigenvalue weighted by molar-refractivity contribution is -0.158. The molecule has 2 heterocycles. The molecule has 1 fully saturated rings. The molecule has 0 amide bonds. The fourth-order valence-corrected chi connectivity index (χ4v) is 4.08. The van der Waals surface area contributed by atoms with E-state index in [2.05, 4.69) is 48.9 Å². The second kappa shape index (κ2) is 10.0. The number of nitrogens with zero attached hydrogens (tertiary/aromatic N) is 3. The zero-order valence-electron chi connectivity index (χ0n) is 19.1. The lowest BCUT2D eigenvalue weighted by Gasteiger charge is -2.35. The number of aromatic nitrogens is 1. The van der Waals surface area contributed by atoms with Gasteiger partial charge in [-0.1, -0.05) is 12.1 Å². The van der Waals surface area contributed by atoms with E-state index in [9.17, 15) is 4.79 Å². The Morgan fingerprint density at radius 3 is 2.32 bits per heavy atom. The van der Waals surface area contributed by atoms with Crippen LogP contribution in [0.3, 0.4) is 0 Å². The van der Waals surface area contributed by atoms with Gasteiger partial charge in [-0.25, -0.2) is 9.78 Å². The Labute approximate surface area is 193 Å². The van der Waals surface area contributed by atoms with Crippen LogP contribution in [-0.4, -0.2) is 54.2 Å². The molecular formula is C24H32BrN3O3. The maximum absolute atomic E-state index is 12.2. The van der Waals surface area contributed by atoms with E-state index in [0.29, 0.717) is 6.61 Å². The van der Waals surface area contributed by atoms with E-state index < -0.39 is 5.60 Å². The number of carbonyl (C=O) groups is 1. The number of anilines is 1. The maximum atomic E-state index is 12.2. The number of ether oxygens (including phenoxy) is 2. The number of benzene rings is 1. The van der Waals surface area contributed by atoms with Crippen molar-refractivity contribution in [1.29, 1.82) is 0 Å². The Balaban J connectivity index is 1.62.